The van der Waals surface area contributed by atoms with Crippen molar-refractivity contribution in [2.75, 3.05) is 18.5 Å². The van der Waals surface area contributed by atoms with Gasteiger partial charge in [0, 0.05) is 31.9 Å². The summed E-state index contributed by atoms with van der Waals surface area (Å²) in [6.07, 6.45) is 2.26. The maximum atomic E-state index is 7.10. The van der Waals surface area contributed by atoms with Crippen LogP contribution in [0.3, 0.4) is 0 Å². The Morgan fingerprint density at radius 1 is 1.64 bits per heavy atom. The molecule has 1 rings (SSSR count). The van der Waals surface area contributed by atoms with Crippen LogP contribution in [-0.4, -0.2) is 29.4 Å². The van der Waals surface area contributed by atoms with Crippen LogP contribution in [0.5, 0.6) is 0 Å². The molecule has 0 aliphatic carbocycles. The van der Waals surface area contributed by atoms with E-state index in [1.807, 2.05) is 24.9 Å². The Labute approximate surface area is 83.5 Å². The van der Waals surface area contributed by atoms with Crippen LogP contribution in [0, 0.1) is 12.3 Å². The van der Waals surface area contributed by atoms with Gasteiger partial charge in [0.25, 0.3) is 0 Å². The molecule has 0 amide bonds. The number of hydrogen-bond acceptors (Lipinski definition) is 4. The van der Waals surface area contributed by atoms with Gasteiger partial charge in [-0.3, -0.25) is 5.41 Å². The van der Waals surface area contributed by atoms with E-state index in [4.69, 9.17) is 11.1 Å². The lowest BCUT2D eigenvalue weighted by Crippen LogP contribution is -2.25. The van der Waals surface area contributed by atoms with Crippen LogP contribution in [0.25, 0.3) is 0 Å². The monoisotopic (exact) mass is 193 g/mol. The normalized spacial score (nSPS) is 9.86. The molecule has 0 radical (unpaired) electrons. The second-order valence-electron chi connectivity index (χ2n) is 3.19. The van der Waals surface area contributed by atoms with Crippen molar-refractivity contribution < 1.29 is 0 Å². The molecule has 1 aromatic heterocycles. The topological polar surface area (TPSA) is 78.9 Å². The van der Waals surface area contributed by atoms with E-state index >= 15 is 0 Å². The van der Waals surface area contributed by atoms with Gasteiger partial charge in [0.05, 0.1) is 5.84 Å². The molecule has 5 heteroatoms. The minimum Gasteiger partial charge on any atom is -0.388 e. The van der Waals surface area contributed by atoms with Crippen LogP contribution in [0.4, 0.5) is 5.95 Å². The Hall–Kier alpha value is -1.65. The molecule has 0 aromatic carbocycles. The molecule has 14 heavy (non-hydrogen) atoms. The Morgan fingerprint density at radius 2 is 2.36 bits per heavy atom. The van der Waals surface area contributed by atoms with Gasteiger partial charge in [-0.1, -0.05) is 0 Å². The Bertz CT molecular complexity index is 323. The van der Waals surface area contributed by atoms with Gasteiger partial charge in [-0.2, -0.15) is 0 Å². The molecular formula is C9H15N5. The van der Waals surface area contributed by atoms with E-state index in [2.05, 4.69) is 9.97 Å². The lowest BCUT2D eigenvalue weighted by Gasteiger charge is -2.16. The predicted octanol–water partition coefficient (Wildman–Crippen LogP) is 0.547. The fraction of sp³-hybridized carbons (Fsp3) is 0.444. The molecule has 0 bridgehead atoms. The average molecular weight is 193 g/mol. The van der Waals surface area contributed by atoms with E-state index in [1.54, 1.807) is 6.20 Å². The number of aryl methyl sites for hydroxylation is 1. The fourth-order valence-electron chi connectivity index (χ4n) is 1.01. The van der Waals surface area contributed by atoms with Crippen LogP contribution in [0.1, 0.15) is 12.1 Å². The Kier molecular flexibility index (Phi) is 3.39. The molecule has 76 valence electrons. The summed E-state index contributed by atoms with van der Waals surface area (Å²) in [5.74, 6) is 0.857. The molecule has 1 aromatic rings. The van der Waals surface area contributed by atoms with Crippen molar-refractivity contribution in [1.82, 2.24) is 9.97 Å². The number of nitrogens with zero attached hydrogens (tertiary/aromatic N) is 3. The number of aromatic nitrogens is 2. The quantitative estimate of drug-likeness (QED) is 0.540. The standard InChI is InChI=1S/C9H15N5/c1-7-3-5-12-9(13-7)14(2)6-4-8(10)11/h3,5H,4,6H2,1-2H3,(H3,10,11). The first-order chi connectivity index (χ1) is 6.59. The molecule has 0 saturated heterocycles. The minimum absolute atomic E-state index is 0.185. The molecule has 0 fully saturated rings. The molecule has 1 heterocycles. The second kappa shape index (κ2) is 4.55. The zero-order chi connectivity index (χ0) is 10.6. The summed E-state index contributed by atoms with van der Waals surface area (Å²) in [5.41, 5.74) is 6.20. The van der Waals surface area contributed by atoms with Gasteiger partial charge in [0.1, 0.15) is 0 Å². The number of rotatable bonds is 4. The van der Waals surface area contributed by atoms with Crippen LogP contribution in [-0.2, 0) is 0 Å². The van der Waals surface area contributed by atoms with Gasteiger partial charge < -0.3 is 10.6 Å². The van der Waals surface area contributed by atoms with Crippen molar-refractivity contribution in [3.8, 4) is 0 Å². The highest BCUT2D eigenvalue weighted by molar-refractivity contribution is 5.77. The molecule has 0 aliphatic heterocycles. The summed E-state index contributed by atoms with van der Waals surface area (Å²) < 4.78 is 0. The van der Waals surface area contributed by atoms with Crippen LogP contribution >= 0.6 is 0 Å². The first-order valence-electron chi connectivity index (χ1n) is 4.43. The largest absolute Gasteiger partial charge is 0.388 e. The van der Waals surface area contributed by atoms with Gasteiger partial charge in [-0.25, -0.2) is 9.97 Å². The second-order valence-corrected chi connectivity index (χ2v) is 3.19. The summed E-state index contributed by atoms with van der Waals surface area (Å²) in [6.45, 7) is 2.59. The van der Waals surface area contributed by atoms with Crippen LogP contribution in [0.2, 0.25) is 0 Å². The predicted molar refractivity (Wildman–Crippen MR) is 56.6 cm³/mol. The summed E-state index contributed by atoms with van der Waals surface area (Å²) in [4.78, 5) is 10.3. The summed E-state index contributed by atoms with van der Waals surface area (Å²) in [6, 6.07) is 1.85. The smallest absolute Gasteiger partial charge is 0.225 e. The molecule has 0 spiro atoms. The summed E-state index contributed by atoms with van der Waals surface area (Å²) in [5, 5.41) is 7.10. The van der Waals surface area contributed by atoms with E-state index in [1.165, 1.54) is 0 Å². The highest BCUT2D eigenvalue weighted by atomic mass is 15.2. The molecule has 0 unspecified atom stereocenters. The lowest BCUT2D eigenvalue weighted by atomic mass is 10.4. The van der Waals surface area contributed by atoms with Crippen LogP contribution < -0.4 is 10.6 Å². The first-order valence-corrected chi connectivity index (χ1v) is 4.43. The van der Waals surface area contributed by atoms with Gasteiger partial charge >= 0.3 is 0 Å². The van der Waals surface area contributed by atoms with Crippen molar-refractivity contribution in [2.45, 2.75) is 13.3 Å². The third kappa shape index (κ3) is 3.01. The van der Waals surface area contributed by atoms with Crippen molar-refractivity contribution in [3.63, 3.8) is 0 Å². The third-order valence-electron chi connectivity index (χ3n) is 1.84. The molecule has 0 atom stereocenters. The number of nitrogens with one attached hydrogen (secondary N) is 1. The Balaban J connectivity index is 2.60. The van der Waals surface area contributed by atoms with E-state index in [-0.39, 0.29) is 5.84 Å². The fourth-order valence-corrected chi connectivity index (χ4v) is 1.01. The molecule has 5 nitrogen and oxygen atoms in total. The minimum atomic E-state index is 0.185. The van der Waals surface area contributed by atoms with Crippen molar-refractivity contribution >= 4 is 11.8 Å². The maximum Gasteiger partial charge on any atom is 0.225 e. The van der Waals surface area contributed by atoms with E-state index in [0.717, 1.165) is 5.69 Å². The average Bonchev–Trinajstić information content (AvgIpc) is 2.14. The van der Waals surface area contributed by atoms with E-state index < -0.39 is 0 Å². The number of amidine groups is 1. The highest BCUT2D eigenvalue weighted by Crippen LogP contribution is 2.04. The SMILES string of the molecule is Cc1ccnc(N(C)CCC(=N)N)n1. The third-order valence-corrected chi connectivity index (χ3v) is 1.84. The van der Waals surface area contributed by atoms with Gasteiger partial charge in [0.2, 0.25) is 5.95 Å². The number of hydrogen-bond donors (Lipinski definition) is 2. The van der Waals surface area contributed by atoms with Crippen LogP contribution in [0.15, 0.2) is 12.3 Å². The highest BCUT2D eigenvalue weighted by Gasteiger charge is 2.03. The lowest BCUT2D eigenvalue weighted by molar-refractivity contribution is 0.856. The van der Waals surface area contributed by atoms with E-state index in [0.29, 0.717) is 18.9 Å². The summed E-state index contributed by atoms with van der Waals surface area (Å²) in [7, 11) is 1.89. The van der Waals surface area contributed by atoms with E-state index in [9.17, 15) is 0 Å². The first kappa shape index (κ1) is 10.4. The molecule has 0 saturated carbocycles. The molecular weight excluding hydrogens is 178 g/mol. The maximum absolute atomic E-state index is 7.10. The van der Waals surface area contributed by atoms with Crippen molar-refractivity contribution in [1.29, 1.82) is 5.41 Å². The zero-order valence-corrected chi connectivity index (χ0v) is 8.49. The van der Waals surface area contributed by atoms with Gasteiger partial charge in [0.15, 0.2) is 0 Å². The number of anilines is 1. The van der Waals surface area contributed by atoms with Crippen molar-refractivity contribution in [2.24, 2.45) is 5.73 Å². The summed E-state index contributed by atoms with van der Waals surface area (Å²) >= 11 is 0. The van der Waals surface area contributed by atoms with Gasteiger partial charge in [-0.05, 0) is 13.0 Å². The Morgan fingerprint density at radius 3 is 2.93 bits per heavy atom. The van der Waals surface area contributed by atoms with Crippen molar-refractivity contribution in [3.05, 3.63) is 18.0 Å². The molecule has 3 N–H and O–H groups in total. The zero-order valence-electron chi connectivity index (χ0n) is 8.49. The molecule has 0 aliphatic rings. The number of nitrogens with two attached hydrogens (primary N) is 1. The van der Waals surface area contributed by atoms with Gasteiger partial charge in [-0.15, -0.1) is 0 Å².